The van der Waals surface area contributed by atoms with Crippen LogP contribution in [-0.4, -0.2) is 69.0 Å². The third-order valence-electron chi connectivity index (χ3n) is 11.9. The Hall–Kier alpha value is -4.31. The first-order chi connectivity index (χ1) is 25.4. The number of esters is 1. The molecular formula is C43H57N5O5. The summed E-state index contributed by atoms with van der Waals surface area (Å²) in [6.07, 6.45) is 5.87. The molecule has 0 aromatic carbocycles. The number of nitrogens with zero attached hydrogens (tertiary/aromatic N) is 3. The molecule has 0 spiro atoms. The molecule has 2 N–H and O–H groups in total. The van der Waals surface area contributed by atoms with E-state index in [-0.39, 0.29) is 54.0 Å². The molecule has 6 rings (SSSR count). The maximum absolute atomic E-state index is 14.8. The minimum absolute atomic E-state index is 0.138. The van der Waals surface area contributed by atoms with Crippen molar-refractivity contribution in [2.75, 3.05) is 20.3 Å². The zero-order chi connectivity index (χ0) is 38.1. The van der Waals surface area contributed by atoms with Crippen LogP contribution in [0.15, 0.2) is 18.2 Å². The number of aryl methyl sites for hydroxylation is 1. The van der Waals surface area contributed by atoms with Gasteiger partial charge in [-0.25, -0.2) is 4.98 Å². The van der Waals surface area contributed by atoms with Crippen LogP contribution in [0.2, 0.25) is 0 Å². The number of nitrogens with one attached hydrogen (secondary N) is 2. The van der Waals surface area contributed by atoms with E-state index in [1.807, 2.05) is 26.8 Å². The Morgan fingerprint density at radius 1 is 0.887 bits per heavy atom. The molecule has 284 valence electrons. The van der Waals surface area contributed by atoms with Gasteiger partial charge in [0.2, 0.25) is 0 Å². The van der Waals surface area contributed by atoms with Gasteiger partial charge in [0.25, 0.3) is 11.8 Å². The Labute approximate surface area is 313 Å². The number of unbranched alkanes of at least 4 members (excludes halogenated alkanes) is 3. The molecule has 0 fully saturated rings. The topological polar surface area (TPSA) is 130 Å². The Bertz CT molecular complexity index is 2000. The first-order valence-electron chi connectivity index (χ1n) is 19.8. The normalized spacial score (nSPS) is 21.0. The molecule has 0 radical (unpaired) electrons. The van der Waals surface area contributed by atoms with Crippen molar-refractivity contribution in [3.05, 3.63) is 69.1 Å². The quantitative estimate of drug-likeness (QED) is 0.120. The molecule has 0 aliphatic carbocycles. The molecule has 8 bridgehead atoms. The van der Waals surface area contributed by atoms with Crippen LogP contribution in [0.5, 0.6) is 0 Å². The second-order valence-electron chi connectivity index (χ2n) is 15.3. The molecule has 2 aromatic heterocycles. The largest absolute Gasteiger partial charge is 0.466 e. The molecule has 53 heavy (non-hydrogen) atoms. The lowest BCUT2D eigenvalue weighted by atomic mass is 9.84. The second kappa shape index (κ2) is 16.0. The van der Waals surface area contributed by atoms with E-state index in [0.29, 0.717) is 41.9 Å². The number of imide groups is 1. The minimum atomic E-state index is -0.336. The van der Waals surface area contributed by atoms with E-state index in [9.17, 15) is 14.4 Å². The van der Waals surface area contributed by atoms with Gasteiger partial charge in [-0.1, -0.05) is 53.9 Å². The van der Waals surface area contributed by atoms with Gasteiger partial charge in [-0.15, -0.1) is 0 Å². The van der Waals surface area contributed by atoms with Crippen molar-refractivity contribution in [1.29, 1.82) is 0 Å². The predicted octanol–water partition coefficient (Wildman–Crippen LogP) is 9.41. The van der Waals surface area contributed by atoms with Gasteiger partial charge in [0.15, 0.2) is 0 Å². The van der Waals surface area contributed by atoms with E-state index in [1.165, 1.54) is 4.90 Å². The number of amides is 2. The smallest absolute Gasteiger partial charge is 0.305 e. The third-order valence-corrected chi connectivity index (χ3v) is 11.9. The summed E-state index contributed by atoms with van der Waals surface area (Å²) in [5, 5.41) is 0. The van der Waals surface area contributed by atoms with E-state index in [2.05, 4.69) is 56.7 Å². The van der Waals surface area contributed by atoms with Crippen molar-refractivity contribution in [1.82, 2.24) is 24.8 Å². The molecular weight excluding hydrogens is 667 g/mol. The van der Waals surface area contributed by atoms with Crippen LogP contribution < -0.4 is 0 Å². The molecule has 4 aliphatic heterocycles. The number of carbonyl (C=O) groups is 3. The number of methoxy groups -OCH3 is 1. The number of aromatic nitrogens is 4. The maximum Gasteiger partial charge on any atom is 0.305 e. The van der Waals surface area contributed by atoms with Crippen molar-refractivity contribution < 1.29 is 23.9 Å². The molecule has 10 nitrogen and oxygen atoms in total. The summed E-state index contributed by atoms with van der Waals surface area (Å²) in [4.78, 5) is 61.2. The van der Waals surface area contributed by atoms with Gasteiger partial charge in [0, 0.05) is 71.9 Å². The number of allylic oxidation sites excluding steroid dienone is 1. The Morgan fingerprint density at radius 2 is 1.64 bits per heavy atom. The molecule has 0 saturated carbocycles. The molecule has 2 amide bonds. The first kappa shape index (κ1) is 38.4. The van der Waals surface area contributed by atoms with Crippen LogP contribution in [-0.2, 0) is 14.3 Å². The Morgan fingerprint density at radius 3 is 2.34 bits per heavy atom. The van der Waals surface area contributed by atoms with E-state index in [0.717, 1.165) is 89.2 Å². The van der Waals surface area contributed by atoms with Crippen LogP contribution >= 0.6 is 0 Å². The van der Waals surface area contributed by atoms with Gasteiger partial charge >= 0.3 is 5.97 Å². The van der Waals surface area contributed by atoms with Crippen LogP contribution in [0, 0.1) is 6.92 Å². The van der Waals surface area contributed by atoms with Crippen LogP contribution in [0.25, 0.3) is 22.2 Å². The zero-order valence-corrected chi connectivity index (χ0v) is 33.1. The predicted molar refractivity (Wildman–Crippen MR) is 209 cm³/mol. The van der Waals surface area contributed by atoms with Gasteiger partial charge in [-0.05, 0) is 75.8 Å². The SMILES string of the molecule is CCCCCCN1C(=O)c2c3nc(cc4nc(cc5[nH]c(cc6[nH]c2c(c6C)C1=O)[C@H](CC)[C@H]5C)C(C(C)OC)=C4C)[C@@H](C)[C@@H]3CCC(=O)OCCC. The Kier molecular flexibility index (Phi) is 11.6. The molecule has 5 atom stereocenters. The fourth-order valence-corrected chi connectivity index (χ4v) is 8.61. The summed E-state index contributed by atoms with van der Waals surface area (Å²) in [6.45, 7) is 17.5. The second-order valence-corrected chi connectivity index (χ2v) is 15.3. The van der Waals surface area contributed by atoms with E-state index >= 15 is 0 Å². The van der Waals surface area contributed by atoms with Gasteiger partial charge in [0.1, 0.15) is 0 Å². The number of rotatable bonds is 13. The number of H-pyrrole nitrogens is 2. The zero-order valence-electron chi connectivity index (χ0n) is 33.1. The molecule has 1 unspecified atom stereocenters. The van der Waals surface area contributed by atoms with Crippen LogP contribution in [0.4, 0.5) is 0 Å². The molecule has 2 aromatic rings. The summed E-state index contributed by atoms with van der Waals surface area (Å²) in [7, 11) is 1.72. The lowest BCUT2D eigenvalue weighted by Crippen LogP contribution is -2.41. The van der Waals surface area contributed by atoms with Crippen molar-refractivity contribution in [2.45, 2.75) is 137 Å². The highest BCUT2D eigenvalue weighted by Crippen LogP contribution is 2.45. The summed E-state index contributed by atoms with van der Waals surface area (Å²) in [6, 6.07) is 6.31. The van der Waals surface area contributed by atoms with Crippen molar-refractivity contribution in [2.24, 2.45) is 0 Å². The highest BCUT2D eigenvalue weighted by atomic mass is 16.5. The monoisotopic (exact) mass is 723 g/mol. The minimum Gasteiger partial charge on any atom is -0.466 e. The van der Waals surface area contributed by atoms with Gasteiger partial charge in [0.05, 0.1) is 46.4 Å². The van der Waals surface area contributed by atoms with Crippen LogP contribution in [0.1, 0.15) is 184 Å². The Balaban J connectivity index is 1.69. The lowest BCUT2D eigenvalue weighted by Gasteiger charge is -2.27. The highest BCUT2D eigenvalue weighted by molar-refractivity contribution is 6.23. The lowest BCUT2D eigenvalue weighted by molar-refractivity contribution is -0.143. The third kappa shape index (κ3) is 7.07. The maximum atomic E-state index is 14.8. The molecule has 10 heteroatoms. The summed E-state index contributed by atoms with van der Waals surface area (Å²) >= 11 is 0. The number of ether oxygens (including phenoxy) is 2. The number of carbonyl (C=O) groups excluding carboxylic acids is 3. The van der Waals surface area contributed by atoms with E-state index < -0.39 is 0 Å². The van der Waals surface area contributed by atoms with Gasteiger partial charge in [-0.3, -0.25) is 24.3 Å². The van der Waals surface area contributed by atoms with E-state index in [4.69, 9.17) is 19.4 Å². The number of fused-ring (bicyclic) bond motifs is 8. The fourth-order valence-electron chi connectivity index (χ4n) is 8.61. The van der Waals surface area contributed by atoms with Crippen molar-refractivity contribution >= 4 is 40.0 Å². The first-order valence-corrected chi connectivity index (χ1v) is 19.8. The molecule has 0 saturated heterocycles. The van der Waals surface area contributed by atoms with Gasteiger partial charge < -0.3 is 19.4 Å². The van der Waals surface area contributed by atoms with Crippen molar-refractivity contribution in [3.63, 3.8) is 0 Å². The standard InChI is InChI=1S/C43H57N5O5/c1-10-13-14-15-18-48-42(50)38-26(7)33-21-34-28(12-3)23(4)30(44-34)22-35-37(27(8)52-9)25(6)32(45-35)20-31-24(5)29(16-17-36(49)53-19-11-2)40(46-31)39(43(48)51)41(38)47-33/h20-24,27-29,44,47H,10-19H2,1-9H3/t23-,24+,27?,28-,29+/m1/s1. The van der Waals surface area contributed by atoms with E-state index in [1.54, 1.807) is 7.11 Å². The van der Waals surface area contributed by atoms with Crippen LogP contribution in [0.3, 0.4) is 0 Å². The summed E-state index contributed by atoms with van der Waals surface area (Å²) in [5.74, 6) is -0.863. The average Bonchev–Trinajstić information content (AvgIpc) is 3.82. The average molecular weight is 724 g/mol. The number of hydrogen-bond donors (Lipinski definition) is 2. The highest BCUT2D eigenvalue weighted by Gasteiger charge is 2.41. The molecule has 4 aliphatic rings. The molecule has 6 heterocycles. The fraction of sp³-hybridized carbons (Fsp3) is 0.558. The number of hydrogen-bond acceptors (Lipinski definition) is 7. The summed E-state index contributed by atoms with van der Waals surface area (Å²) in [5.41, 5.74) is 10.3. The van der Waals surface area contributed by atoms with Crippen molar-refractivity contribution in [3.8, 4) is 0 Å². The van der Waals surface area contributed by atoms with Gasteiger partial charge in [-0.2, -0.15) is 0 Å². The number of aromatic amines is 2. The summed E-state index contributed by atoms with van der Waals surface area (Å²) < 4.78 is 11.3.